The number of carboxylic acid groups (broad SMARTS) is 2. The number of furan rings is 2. The molecule has 0 unspecified atom stereocenters. The number of rotatable bonds is 9. The molecule has 6 aromatic rings. The highest BCUT2D eigenvalue weighted by molar-refractivity contribution is 7.89. The lowest BCUT2D eigenvalue weighted by molar-refractivity contribution is 0.0655. The molecular formula is C39H35Cl3N4O11S2. The second kappa shape index (κ2) is 16.9. The van der Waals surface area contributed by atoms with E-state index in [-0.39, 0.29) is 21.3 Å². The zero-order valence-corrected chi connectivity index (χ0v) is 34.9. The number of hydrogen-bond acceptors (Lipinski definition) is 11. The van der Waals surface area contributed by atoms with E-state index in [9.17, 15) is 26.4 Å². The summed E-state index contributed by atoms with van der Waals surface area (Å²) in [6.07, 6.45) is 0. The summed E-state index contributed by atoms with van der Waals surface area (Å²) in [5.41, 5.74) is 2.20. The Morgan fingerprint density at radius 1 is 0.576 bits per heavy atom. The van der Waals surface area contributed by atoms with Gasteiger partial charge in [-0.2, -0.15) is 8.61 Å². The van der Waals surface area contributed by atoms with Crippen LogP contribution in [0.2, 0.25) is 15.1 Å². The van der Waals surface area contributed by atoms with Crippen LogP contribution < -0.4 is 14.5 Å². The molecule has 2 N–H and O–H groups in total. The molecule has 0 aliphatic carbocycles. The van der Waals surface area contributed by atoms with E-state index in [0.717, 1.165) is 0 Å². The Labute approximate surface area is 353 Å². The van der Waals surface area contributed by atoms with E-state index >= 15 is 0 Å². The molecule has 2 aliphatic rings. The first kappa shape index (κ1) is 42.1. The molecule has 0 bridgehead atoms. The number of benzene rings is 4. The van der Waals surface area contributed by atoms with Gasteiger partial charge in [0, 0.05) is 80.3 Å². The van der Waals surface area contributed by atoms with Crippen molar-refractivity contribution in [1.29, 1.82) is 0 Å². The maximum Gasteiger partial charge on any atom is 0.371 e. The fraction of sp³-hybridized carbons (Fsp3) is 0.231. The second-order valence-corrected chi connectivity index (χ2v) is 18.4. The molecule has 2 aliphatic heterocycles. The summed E-state index contributed by atoms with van der Waals surface area (Å²) in [4.78, 5) is 26.6. The molecule has 0 spiro atoms. The average Bonchev–Trinajstić information content (AvgIpc) is 3.89. The SMILES string of the molecule is COc1ccc(S(=O)(=O)N2CCN(c3ccc4oc(C(=O)O)cc4c3Cl)CC2)cc1.O=C(O)c1cc2c(Cl)c(N3CCN(S(=O)(=O)c4ccc(Cl)cc4)CC3)ccc2o1. The first-order valence-electron chi connectivity index (χ1n) is 17.9. The molecule has 2 aromatic heterocycles. The van der Waals surface area contributed by atoms with Gasteiger partial charge in [0.15, 0.2) is 0 Å². The van der Waals surface area contributed by atoms with E-state index in [1.165, 1.54) is 52.1 Å². The van der Waals surface area contributed by atoms with Crippen LogP contribution in [0.5, 0.6) is 5.75 Å². The van der Waals surface area contributed by atoms with Gasteiger partial charge in [0.25, 0.3) is 0 Å². The van der Waals surface area contributed by atoms with E-state index in [2.05, 4.69) is 0 Å². The highest BCUT2D eigenvalue weighted by Gasteiger charge is 2.31. The van der Waals surface area contributed by atoms with E-state index in [0.29, 0.717) is 106 Å². The van der Waals surface area contributed by atoms with Crippen LogP contribution in [0.3, 0.4) is 0 Å². The third-order valence-electron chi connectivity index (χ3n) is 9.96. The van der Waals surface area contributed by atoms with Crippen molar-refractivity contribution in [3.05, 3.63) is 112 Å². The van der Waals surface area contributed by atoms with Crippen LogP contribution in [0.4, 0.5) is 11.4 Å². The van der Waals surface area contributed by atoms with Crippen molar-refractivity contribution in [3.63, 3.8) is 0 Å². The lowest BCUT2D eigenvalue weighted by Gasteiger charge is -2.35. The van der Waals surface area contributed by atoms with E-state index in [4.69, 9.17) is 58.6 Å². The van der Waals surface area contributed by atoms with Crippen LogP contribution in [0, 0.1) is 0 Å². The lowest BCUT2D eigenvalue weighted by Crippen LogP contribution is -2.48. The molecule has 15 nitrogen and oxygen atoms in total. The minimum Gasteiger partial charge on any atom is -0.497 e. The summed E-state index contributed by atoms with van der Waals surface area (Å²) in [7, 11) is -5.68. The monoisotopic (exact) mass is 904 g/mol. The Morgan fingerprint density at radius 2 is 0.949 bits per heavy atom. The van der Waals surface area contributed by atoms with Crippen LogP contribution in [0.15, 0.2) is 104 Å². The first-order valence-corrected chi connectivity index (χ1v) is 21.9. The van der Waals surface area contributed by atoms with Crippen molar-refractivity contribution in [2.75, 3.05) is 69.3 Å². The summed E-state index contributed by atoms with van der Waals surface area (Å²) in [5, 5.41) is 20.5. The van der Waals surface area contributed by atoms with Crippen LogP contribution in [-0.2, 0) is 20.0 Å². The number of halogens is 3. The number of nitrogens with zero attached hydrogens (tertiary/aromatic N) is 4. The predicted molar refractivity (Wildman–Crippen MR) is 223 cm³/mol. The molecule has 2 fully saturated rings. The van der Waals surface area contributed by atoms with Crippen LogP contribution in [0.1, 0.15) is 21.1 Å². The lowest BCUT2D eigenvalue weighted by atomic mass is 10.2. The van der Waals surface area contributed by atoms with Gasteiger partial charge >= 0.3 is 11.9 Å². The smallest absolute Gasteiger partial charge is 0.371 e. The van der Waals surface area contributed by atoms with Gasteiger partial charge in [0.05, 0.1) is 38.3 Å². The number of methoxy groups -OCH3 is 1. The first-order chi connectivity index (χ1) is 28.1. The molecule has 0 amide bonds. The number of piperazine rings is 2. The van der Waals surface area contributed by atoms with E-state index in [1.807, 2.05) is 9.80 Å². The van der Waals surface area contributed by atoms with Crippen molar-refractivity contribution < 1.29 is 50.2 Å². The van der Waals surface area contributed by atoms with Gasteiger partial charge in [-0.25, -0.2) is 26.4 Å². The molecule has 4 heterocycles. The fourth-order valence-corrected chi connectivity index (χ4v) is 10.5. The van der Waals surface area contributed by atoms with E-state index in [1.54, 1.807) is 48.5 Å². The minimum atomic E-state index is -3.61. The van der Waals surface area contributed by atoms with Gasteiger partial charge in [-0.05, 0) is 72.8 Å². The Hall–Kier alpha value is -5.01. The van der Waals surface area contributed by atoms with Gasteiger partial charge in [-0.15, -0.1) is 0 Å². The summed E-state index contributed by atoms with van der Waals surface area (Å²) in [5.74, 6) is -2.10. The second-order valence-electron chi connectivity index (χ2n) is 13.4. The highest BCUT2D eigenvalue weighted by Crippen LogP contribution is 2.38. The molecule has 2 saturated heterocycles. The maximum absolute atomic E-state index is 12.9. The van der Waals surface area contributed by atoms with Gasteiger partial charge < -0.3 is 33.6 Å². The van der Waals surface area contributed by atoms with Gasteiger partial charge in [0.1, 0.15) is 16.9 Å². The number of anilines is 2. The Kier molecular flexibility index (Phi) is 12.1. The van der Waals surface area contributed by atoms with Gasteiger partial charge in [-0.3, -0.25) is 0 Å². The molecule has 310 valence electrons. The van der Waals surface area contributed by atoms with Crippen molar-refractivity contribution >= 4 is 100 Å². The number of hydrogen-bond donors (Lipinski definition) is 2. The summed E-state index contributed by atoms with van der Waals surface area (Å²) in [6.45, 7) is 2.98. The zero-order valence-electron chi connectivity index (χ0n) is 31.0. The molecule has 0 atom stereocenters. The van der Waals surface area contributed by atoms with Crippen molar-refractivity contribution in [2.24, 2.45) is 0 Å². The molecule has 20 heteroatoms. The number of sulfonamides is 2. The van der Waals surface area contributed by atoms with Crippen LogP contribution in [0.25, 0.3) is 21.9 Å². The molecule has 0 radical (unpaired) electrons. The quantitative estimate of drug-likeness (QED) is 0.148. The molecule has 8 rings (SSSR count). The Balaban J connectivity index is 0.000000179. The Morgan fingerprint density at radius 3 is 1.31 bits per heavy atom. The number of carboxylic acids is 2. The van der Waals surface area contributed by atoms with E-state index < -0.39 is 32.0 Å². The van der Waals surface area contributed by atoms with Gasteiger partial charge in [0.2, 0.25) is 31.6 Å². The maximum atomic E-state index is 12.9. The minimum absolute atomic E-state index is 0.181. The Bertz CT molecular complexity index is 2760. The summed E-state index contributed by atoms with van der Waals surface area (Å²) < 4.78 is 70.0. The normalized spacial score (nSPS) is 15.6. The van der Waals surface area contributed by atoms with Gasteiger partial charge in [-0.1, -0.05) is 34.8 Å². The highest BCUT2D eigenvalue weighted by atomic mass is 35.5. The molecule has 59 heavy (non-hydrogen) atoms. The topological polar surface area (TPSA) is 191 Å². The average molecular weight is 906 g/mol. The fourth-order valence-electron chi connectivity index (χ4n) is 6.82. The number of ether oxygens (including phenoxy) is 1. The summed E-state index contributed by atoms with van der Waals surface area (Å²) in [6, 6.07) is 22.0. The molecule has 0 saturated carbocycles. The summed E-state index contributed by atoms with van der Waals surface area (Å²) >= 11 is 18.8. The third-order valence-corrected chi connectivity index (χ3v) is 14.8. The molecule has 4 aromatic carbocycles. The van der Waals surface area contributed by atoms with Crippen molar-refractivity contribution in [3.8, 4) is 5.75 Å². The standard InChI is InChI=1S/C20H19ClN2O6S.C19H16Cl2N2O5S/c1-28-13-2-4-14(5-3-13)30(26,27)23-10-8-22(9-11-23)16-6-7-17-15(19(16)21)12-18(29-17)20(24)25;20-12-1-3-13(4-2-12)29(26,27)23-9-7-22(8-10-23)15-5-6-16-14(18(15)21)11-17(28-16)19(24)25/h2-7,12H,8-11H2,1H3,(H,24,25);1-6,11H,7-10H2,(H,24,25). The predicted octanol–water partition coefficient (Wildman–Crippen LogP) is 7.25. The van der Waals surface area contributed by atoms with Crippen LogP contribution in [-0.4, -0.2) is 107 Å². The molecular weight excluding hydrogens is 871 g/mol. The third kappa shape index (κ3) is 8.54. The zero-order chi connectivity index (χ0) is 42.2. The van der Waals surface area contributed by atoms with Crippen LogP contribution >= 0.6 is 34.8 Å². The number of fused-ring (bicyclic) bond motifs is 2. The number of carbonyl (C=O) groups is 2. The number of aromatic carboxylic acids is 2. The largest absolute Gasteiger partial charge is 0.497 e. The van der Waals surface area contributed by atoms with Crippen molar-refractivity contribution in [1.82, 2.24) is 8.61 Å². The van der Waals surface area contributed by atoms with Crippen molar-refractivity contribution in [2.45, 2.75) is 9.79 Å².